The summed E-state index contributed by atoms with van der Waals surface area (Å²) < 4.78 is 23.2. The molecule has 0 spiro atoms. The Kier molecular flexibility index (Phi) is 6.94. The molecular formula is C19H23O5P. The van der Waals surface area contributed by atoms with Gasteiger partial charge in [0, 0.05) is 6.42 Å². The monoisotopic (exact) mass is 362 g/mol. The number of hydrogen-bond acceptors (Lipinski definition) is 5. The van der Waals surface area contributed by atoms with Crippen molar-refractivity contribution in [1.82, 2.24) is 0 Å². The van der Waals surface area contributed by atoms with Crippen molar-refractivity contribution in [3.05, 3.63) is 53.6 Å². The van der Waals surface area contributed by atoms with Gasteiger partial charge in [0.25, 0.3) is 0 Å². The van der Waals surface area contributed by atoms with Crippen molar-refractivity contribution in [2.75, 3.05) is 13.2 Å². The van der Waals surface area contributed by atoms with Gasteiger partial charge in [-0.1, -0.05) is 30.3 Å². The van der Waals surface area contributed by atoms with Crippen molar-refractivity contribution in [1.29, 1.82) is 0 Å². The number of aldehydes is 1. The van der Waals surface area contributed by atoms with Crippen molar-refractivity contribution in [3.8, 4) is 16.9 Å². The van der Waals surface area contributed by atoms with E-state index in [4.69, 9.17) is 9.05 Å². The fourth-order valence-corrected chi connectivity index (χ4v) is 4.36. The van der Waals surface area contributed by atoms with Crippen molar-refractivity contribution in [2.24, 2.45) is 0 Å². The molecule has 5 nitrogen and oxygen atoms in total. The Morgan fingerprint density at radius 2 is 1.68 bits per heavy atom. The maximum atomic E-state index is 12.6. The molecule has 0 amide bonds. The largest absolute Gasteiger partial charge is 0.508 e. The second kappa shape index (κ2) is 8.95. The standard InChI is InChI=1S/C19H23O5P/c1-3-23-25(22,24-4-2)14-15-5-7-16(8-6-15)19-10-9-18(21)13-17(19)11-12-20/h5-10,12-13,21H,3-4,11,14H2,1-2H3. The fraction of sp³-hybridized carbons (Fsp3) is 0.316. The minimum Gasteiger partial charge on any atom is -0.508 e. The molecule has 0 aliphatic carbocycles. The third-order valence-electron chi connectivity index (χ3n) is 3.68. The van der Waals surface area contributed by atoms with Crippen LogP contribution in [-0.2, 0) is 31.0 Å². The zero-order valence-corrected chi connectivity index (χ0v) is 15.4. The normalized spacial score (nSPS) is 11.4. The van der Waals surface area contributed by atoms with E-state index in [2.05, 4.69) is 0 Å². The van der Waals surface area contributed by atoms with Crippen LogP contribution in [0.3, 0.4) is 0 Å². The second-order valence-electron chi connectivity index (χ2n) is 5.51. The average Bonchev–Trinajstić information content (AvgIpc) is 2.57. The maximum absolute atomic E-state index is 12.6. The van der Waals surface area contributed by atoms with Gasteiger partial charge in [-0.05, 0) is 48.2 Å². The average molecular weight is 362 g/mol. The molecule has 0 saturated carbocycles. The Hall–Kier alpha value is -1.94. The highest BCUT2D eigenvalue weighted by atomic mass is 31.2. The van der Waals surface area contributed by atoms with Crippen molar-refractivity contribution < 1.29 is 23.5 Å². The van der Waals surface area contributed by atoms with Gasteiger partial charge in [0.15, 0.2) is 0 Å². The van der Waals surface area contributed by atoms with E-state index in [0.717, 1.165) is 28.5 Å². The molecule has 0 aliphatic heterocycles. The van der Waals surface area contributed by atoms with Gasteiger partial charge in [0.2, 0.25) is 0 Å². The summed E-state index contributed by atoms with van der Waals surface area (Å²) in [6, 6.07) is 12.5. The molecule has 1 N–H and O–H groups in total. The summed E-state index contributed by atoms with van der Waals surface area (Å²) >= 11 is 0. The first-order valence-corrected chi connectivity index (χ1v) is 9.97. The molecular weight excluding hydrogens is 339 g/mol. The van der Waals surface area contributed by atoms with Crippen LogP contribution < -0.4 is 0 Å². The molecule has 0 bridgehead atoms. The van der Waals surface area contributed by atoms with Gasteiger partial charge in [-0.3, -0.25) is 4.57 Å². The van der Waals surface area contributed by atoms with Crippen LogP contribution in [0, 0.1) is 0 Å². The molecule has 0 heterocycles. The lowest BCUT2D eigenvalue weighted by Crippen LogP contribution is -1.99. The summed E-state index contributed by atoms with van der Waals surface area (Å²) in [7, 11) is -3.13. The summed E-state index contributed by atoms with van der Waals surface area (Å²) in [6.07, 6.45) is 1.26. The zero-order chi connectivity index (χ0) is 18.3. The minimum atomic E-state index is -3.13. The van der Waals surface area contributed by atoms with Crippen LogP contribution in [0.4, 0.5) is 0 Å². The maximum Gasteiger partial charge on any atom is 0.335 e. The first-order valence-electron chi connectivity index (χ1n) is 8.24. The van der Waals surface area contributed by atoms with Crippen molar-refractivity contribution >= 4 is 13.9 Å². The number of carbonyl (C=O) groups is 1. The smallest absolute Gasteiger partial charge is 0.335 e. The van der Waals surface area contributed by atoms with Crippen LogP contribution in [0.15, 0.2) is 42.5 Å². The number of hydrogen-bond donors (Lipinski definition) is 1. The van der Waals surface area contributed by atoms with E-state index in [1.807, 2.05) is 24.3 Å². The number of phenols is 1. The molecule has 0 radical (unpaired) electrons. The van der Waals surface area contributed by atoms with E-state index in [0.29, 0.717) is 13.2 Å². The third-order valence-corrected chi connectivity index (χ3v) is 5.74. The van der Waals surface area contributed by atoms with E-state index in [-0.39, 0.29) is 18.3 Å². The van der Waals surface area contributed by atoms with Crippen LogP contribution in [0.2, 0.25) is 0 Å². The number of aromatic hydroxyl groups is 1. The summed E-state index contributed by atoms with van der Waals surface area (Å²) in [5, 5.41) is 9.61. The molecule has 6 heteroatoms. The van der Waals surface area contributed by atoms with Crippen LogP contribution in [-0.4, -0.2) is 24.6 Å². The van der Waals surface area contributed by atoms with Crippen molar-refractivity contribution in [3.63, 3.8) is 0 Å². The first kappa shape index (κ1) is 19.4. The van der Waals surface area contributed by atoms with E-state index in [1.54, 1.807) is 32.0 Å². The van der Waals surface area contributed by atoms with Gasteiger partial charge in [0.05, 0.1) is 19.4 Å². The molecule has 2 aromatic rings. The topological polar surface area (TPSA) is 72.8 Å². The van der Waals surface area contributed by atoms with Gasteiger partial charge >= 0.3 is 7.60 Å². The van der Waals surface area contributed by atoms with E-state index >= 15 is 0 Å². The van der Waals surface area contributed by atoms with E-state index in [9.17, 15) is 14.5 Å². The molecule has 0 aromatic heterocycles. The molecule has 0 atom stereocenters. The molecule has 0 aliphatic rings. The van der Waals surface area contributed by atoms with Gasteiger partial charge in [0.1, 0.15) is 12.0 Å². The number of rotatable bonds is 9. The van der Waals surface area contributed by atoms with Crippen LogP contribution in [0.5, 0.6) is 5.75 Å². The Bertz CT molecular complexity index is 745. The highest BCUT2D eigenvalue weighted by Crippen LogP contribution is 2.51. The number of carbonyl (C=O) groups excluding carboxylic acids is 1. The highest BCUT2D eigenvalue weighted by molar-refractivity contribution is 7.53. The second-order valence-corrected chi connectivity index (χ2v) is 7.57. The molecule has 134 valence electrons. The van der Waals surface area contributed by atoms with Gasteiger partial charge < -0.3 is 18.9 Å². The lowest BCUT2D eigenvalue weighted by Gasteiger charge is -2.17. The summed E-state index contributed by atoms with van der Waals surface area (Å²) in [4.78, 5) is 10.9. The number of benzene rings is 2. The Morgan fingerprint density at radius 3 is 2.24 bits per heavy atom. The molecule has 0 fully saturated rings. The summed E-state index contributed by atoms with van der Waals surface area (Å²) in [5.74, 6) is 0.131. The zero-order valence-electron chi connectivity index (χ0n) is 14.5. The molecule has 0 saturated heterocycles. The van der Waals surface area contributed by atoms with E-state index in [1.165, 1.54) is 0 Å². The molecule has 2 rings (SSSR count). The highest BCUT2D eigenvalue weighted by Gasteiger charge is 2.23. The van der Waals surface area contributed by atoms with Crippen LogP contribution >= 0.6 is 7.60 Å². The lowest BCUT2D eigenvalue weighted by atomic mass is 9.97. The predicted octanol–water partition coefficient (Wildman–Crippen LogP) is 4.57. The third kappa shape index (κ3) is 5.27. The lowest BCUT2D eigenvalue weighted by molar-refractivity contribution is -0.107. The van der Waals surface area contributed by atoms with Gasteiger partial charge in [-0.25, -0.2) is 0 Å². The first-order chi connectivity index (χ1) is 12.0. The summed E-state index contributed by atoms with van der Waals surface area (Å²) in [5.41, 5.74) is 3.42. The SMILES string of the molecule is CCOP(=O)(Cc1ccc(-c2ccc(O)cc2CC=O)cc1)OCC. The minimum absolute atomic E-state index is 0.131. The fourth-order valence-electron chi connectivity index (χ4n) is 2.66. The molecule has 0 unspecified atom stereocenters. The predicted molar refractivity (Wildman–Crippen MR) is 97.9 cm³/mol. The molecule has 25 heavy (non-hydrogen) atoms. The quantitative estimate of drug-likeness (QED) is 0.523. The number of phenolic OH excluding ortho intramolecular Hbond substituents is 1. The van der Waals surface area contributed by atoms with Crippen LogP contribution in [0.1, 0.15) is 25.0 Å². The Labute approximate surface area is 148 Å². The van der Waals surface area contributed by atoms with Gasteiger partial charge in [-0.15, -0.1) is 0 Å². The van der Waals surface area contributed by atoms with Gasteiger partial charge in [-0.2, -0.15) is 0 Å². The Balaban J connectivity index is 2.25. The Morgan fingerprint density at radius 1 is 1.04 bits per heavy atom. The molecule has 2 aromatic carbocycles. The van der Waals surface area contributed by atoms with E-state index < -0.39 is 7.60 Å². The summed E-state index contributed by atoms with van der Waals surface area (Å²) in [6.45, 7) is 4.23. The van der Waals surface area contributed by atoms with Crippen LogP contribution in [0.25, 0.3) is 11.1 Å². The van der Waals surface area contributed by atoms with Crippen molar-refractivity contribution in [2.45, 2.75) is 26.4 Å².